The molecule has 0 heterocycles. The van der Waals surface area contributed by atoms with E-state index in [0.29, 0.717) is 6.42 Å². The van der Waals surface area contributed by atoms with Crippen LogP contribution >= 0.6 is 11.8 Å². The number of benzene rings is 1. The molecule has 1 unspecified atom stereocenters. The minimum absolute atomic E-state index is 0.0279. The molecule has 230 valence electrons. The number of allylic oxidation sites excluding steroid dienone is 10. The normalized spacial score (nSPS) is 12.9. The zero-order chi connectivity index (χ0) is 30.8. The topological polar surface area (TPSA) is 92.7 Å². The first kappa shape index (κ1) is 36.7. The van der Waals surface area contributed by atoms with Gasteiger partial charge in [-0.25, -0.2) is 9.59 Å². The number of carboxylic acids is 1. The van der Waals surface area contributed by atoms with Gasteiger partial charge in [0, 0.05) is 0 Å². The number of nitrogens with one attached hydrogen (secondary N) is 1. The number of hydrogen-bond donors (Lipinski definition) is 2. The van der Waals surface area contributed by atoms with Gasteiger partial charge in [0.2, 0.25) is 5.91 Å². The van der Waals surface area contributed by atoms with E-state index in [-0.39, 0.29) is 28.9 Å². The van der Waals surface area contributed by atoms with Crippen molar-refractivity contribution >= 4 is 29.6 Å². The molecular weight excluding hydrogens is 546 g/mol. The van der Waals surface area contributed by atoms with E-state index >= 15 is 0 Å². The number of amides is 1. The molecule has 0 aliphatic rings. The average molecular weight is 596 g/mol. The number of carbonyl (C=O) groups excluding carboxylic acids is 2. The fourth-order valence-electron chi connectivity index (χ4n) is 3.83. The molecule has 0 spiro atoms. The van der Waals surface area contributed by atoms with Gasteiger partial charge in [-0.15, -0.1) is 0 Å². The molecule has 0 fully saturated rings. The van der Waals surface area contributed by atoms with Gasteiger partial charge >= 0.3 is 11.9 Å². The van der Waals surface area contributed by atoms with E-state index in [4.69, 9.17) is 4.74 Å². The Balaban J connectivity index is 2.21. The van der Waals surface area contributed by atoms with Crippen LogP contribution in [0.5, 0.6) is 5.75 Å². The van der Waals surface area contributed by atoms with Crippen molar-refractivity contribution in [3.05, 3.63) is 90.6 Å². The number of aromatic carboxylic acids is 1. The maximum atomic E-state index is 12.8. The number of thioether (sulfide) groups is 1. The van der Waals surface area contributed by atoms with Gasteiger partial charge in [0.05, 0.1) is 5.75 Å². The van der Waals surface area contributed by atoms with Crippen molar-refractivity contribution in [2.45, 2.75) is 84.6 Å². The number of carboxylic acid groups (broad SMARTS) is 1. The molecule has 1 amide bonds. The standard InChI is InChI=1S/C35H49NO5S/c1-4-5-6-7-8-9-10-11-12-13-14-15-16-17-18-19-20-23-26-42-28-33(37)36-31(27-29(2)3)35(40)41-32-25-22-21-24-30(32)34(38)39/h5-6,8-9,11-12,14-15,17-18,21-22,24-25,29,31H,4,7,10,13,16,19-20,23,26-28H2,1-3H3,(H,36,37)(H,38,39). The highest BCUT2D eigenvalue weighted by Gasteiger charge is 2.25. The van der Waals surface area contributed by atoms with Crippen molar-refractivity contribution in [3.63, 3.8) is 0 Å². The maximum absolute atomic E-state index is 12.8. The Bertz CT molecular complexity index is 1070. The number of hydrogen-bond acceptors (Lipinski definition) is 5. The van der Waals surface area contributed by atoms with Gasteiger partial charge in [-0.1, -0.05) is 93.7 Å². The number of ether oxygens (including phenoxy) is 1. The summed E-state index contributed by atoms with van der Waals surface area (Å²) in [5, 5.41) is 12.1. The summed E-state index contributed by atoms with van der Waals surface area (Å²) in [6.45, 7) is 6.04. The number of carbonyl (C=O) groups is 3. The Morgan fingerprint density at radius 3 is 2.00 bits per heavy atom. The van der Waals surface area contributed by atoms with E-state index in [9.17, 15) is 19.5 Å². The lowest BCUT2D eigenvalue weighted by atomic mass is 10.0. The average Bonchev–Trinajstić information content (AvgIpc) is 2.95. The van der Waals surface area contributed by atoms with E-state index in [1.54, 1.807) is 23.9 Å². The highest BCUT2D eigenvalue weighted by atomic mass is 32.2. The van der Waals surface area contributed by atoms with Crippen LogP contribution in [-0.4, -0.2) is 40.5 Å². The Morgan fingerprint density at radius 1 is 0.857 bits per heavy atom. The summed E-state index contributed by atoms with van der Waals surface area (Å²) in [6, 6.07) is 5.14. The summed E-state index contributed by atoms with van der Waals surface area (Å²) in [4.78, 5) is 36.7. The first-order chi connectivity index (χ1) is 20.3. The van der Waals surface area contributed by atoms with Gasteiger partial charge in [0.25, 0.3) is 0 Å². The number of esters is 1. The zero-order valence-corrected chi connectivity index (χ0v) is 26.3. The second-order valence-electron chi connectivity index (χ2n) is 10.2. The Labute approximate surface area is 257 Å². The van der Waals surface area contributed by atoms with Gasteiger partial charge in [-0.2, -0.15) is 11.8 Å². The molecule has 0 aliphatic heterocycles. The van der Waals surface area contributed by atoms with Crippen LogP contribution in [0.2, 0.25) is 0 Å². The molecule has 1 aromatic carbocycles. The third kappa shape index (κ3) is 18.9. The quantitative estimate of drug-likeness (QED) is 0.0604. The van der Waals surface area contributed by atoms with E-state index in [2.05, 4.69) is 73.0 Å². The van der Waals surface area contributed by atoms with E-state index in [1.165, 1.54) is 12.1 Å². The van der Waals surface area contributed by atoms with Crippen LogP contribution in [0.4, 0.5) is 0 Å². The Kier molecular flexibility index (Phi) is 21.2. The van der Waals surface area contributed by atoms with Gasteiger partial charge in [0.15, 0.2) is 0 Å². The molecule has 42 heavy (non-hydrogen) atoms. The minimum Gasteiger partial charge on any atom is -0.478 e. The lowest BCUT2D eigenvalue weighted by Crippen LogP contribution is -2.44. The van der Waals surface area contributed by atoms with Gasteiger partial charge < -0.3 is 15.2 Å². The Hall–Kier alpha value is -3.32. The van der Waals surface area contributed by atoms with E-state index in [1.807, 2.05) is 13.8 Å². The van der Waals surface area contributed by atoms with Crippen LogP contribution in [-0.2, 0) is 9.59 Å². The lowest BCUT2D eigenvalue weighted by molar-refractivity contribution is -0.139. The molecule has 1 aromatic rings. The molecule has 7 heteroatoms. The first-order valence-corrected chi connectivity index (χ1v) is 16.2. The zero-order valence-electron chi connectivity index (χ0n) is 25.5. The predicted molar refractivity (Wildman–Crippen MR) is 176 cm³/mol. The third-order valence-corrected chi connectivity index (χ3v) is 7.00. The Morgan fingerprint density at radius 2 is 1.43 bits per heavy atom. The molecular formula is C35H49NO5S. The van der Waals surface area contributed by atoms with Crippen molar-refractivity contribution in [1.29, 1.82) is 0 Å². The fourth-order valence-corrected chi connectivity index (χ4v) is 4.65. The molecule has 6 nitrogen and oxygen atoms in total. The van der Waals surface area contributed by atoms with Crippen molar-refractivity contribution in [2.75, 3.05) is 11.5 Å². The summed E-state index contributed by atoms with van der Waals surface area (Å²) in [6.07, 6.45) is 30.4. The first-order valence-electron chi connectivity index (χ1n) is 15.0. The number of rotatable bonds is 22. The fraction of sp³-hybridized carbons (Fsp3) is 0.457. The summed E-state index contributed by atoms with van der Waals surface area (Å²) >= 11 is 1.54. The molecule has 1 atom stereocenters. The second kappa shape index (κ2) is 24.3. The molecule has 0 bridgehead atoms. The van der Waals surface area contributed by atoms with Crippen LogP contribution < -0.4 is 10.1 Å². The molecule has 0 aliphatic carbocycles. The second-order valence-corrected chi connectivity index (χ2v) is 11.3. The molecule has 0 saturated carbocycles. The van der Waals surface area contributed by atoms with Gasteiger partial charge in [0.1, 0.15) is 17.4 Å². The largest absolute Gasteiger partial charge is 0.478 e. The van der Waals surface area contributed by atoms with Crippen molar-refractivity contribution < 1.29 is 24.2 Å². The summed E-state index contributed by atoms with van der Waals surface area (Å²) in [5.74, 6) is -0.833. The van der Waals surface area contributed by atoms with Crippen molar-refractivity contribution in [2.24, 2.45) is 5.92 Å². The van der Waals surface area contributed by atoms with Gasteiger partial charge in [-0.05, 0) is 81.6 Å². The van der Waals surface area contributed by atoms with Crippen LogP contribution in [0.15, 0.2) is 85.0 Å². The van der Waals surface area contributed by atoms with Crippen LogP contribution in [0, 0.1) is 5.92 Å². The third-order valence-electron chi connectivity index (χ3n) is 5.96. The maximum Gasteiger partial charge on any atom is 0.339 e. The molecule has 0 saturated heterocycles. The highest BCUT2D eigenvalue weighted by molar-refractivity contribution is 7.99. The van der Waals surface area contributed by atoms with Gasteiger partial charge in [-0.3, -0.25) is 4.79 Å². The van der Waals surface area contributed by atoms with Crippen molar-refractivity contribution in [1.82, 2.24) is 5.32 Å². The predicted octanol–water partition coefficient (Wildman–Crippen LogP) is 8.48. The summed E-state index contributed by atoms with van der Waals surface area (Å²) in [5.41, 5.74) is -0.0967. The number of para-hydroxylation sites is 1. The van der Waals surface area contributed by atoms with Crippen molar-refractivity contribution in [3.8, 4) is 5.75 Å². The molecule has 2 N–H and O–H groups in total. The van der Waals surface area contributed by atoms with Crippen LogP contribution in [0.3, 0.4) is 0 Å². The van der Waals surface area contributed by atoms with Crippen LogP contribution in [0.25, 0.3) is 0 Å². The van der Waals surface area contributed by atoms with E-state index < -0.39 is 18.0 Å². The van der Waals surface area contributed by atoms with Crippen LogP contribution in [0.1, 0.15) is 88.9 Å². The highest BCUT2D eigenvalue weighted by Crippen LogP contribution is 2.19. The van der Waals surface area contributed by atoms with E-state index in [0.717, 1.165) is 57.1 Å². The SMILES string of the molecule is CCC=CCC=CCC=CCC=CCC=CCCCCSCC(=O)NC(CC(C)C)C(=O)Oc1ccccc1C(=O)O. The smallest absolute Gasteiger partial charge is 0.339 e. The monoisotopic (exact) mass is 595 g/mol. The summed E-state index contributed by atoms with van der Waals surface area (Å²) < 4.78 is 5.36. The molecule has 0 radical (unpaired) electrons. The molecule has 1 rings (SSSR count). The number of unbranched alkanes of at least 4 members (excludes halogenated alkanes) is 2. The molecule has 0 aromatic heterocycles. The minimum atomic E-state index is -1.18. The summed E-state index contributed by atoms with van der Waals surface area (Å²) in [7, 11) is 0. The lowest BCUT2D eigenvalue weighted by Gasteiger charge is -2.19.